The van der Waals surface area contributed by atoms with E-state index in [1.807, 2.05) is 23.1 Å². The van der Waals surface area contributed by atoms with Crippen LogP contribution in [-0.4, -0.2) is 61.4 Å². The highest BCUT2D eigenvalue weighted by molar-refractivity contribution is 5.92. The third-order valence-electron chi connectivity index (χ3n) is 4.33. The van der Waals surface area contributed by atoms with E-state index < -0.39 is 0 Å². The van der Waals surface area contributed by atoms with Gasteiger partial charge in [0.25, 0.3) is 0 Å². The molecule has 1 aliphatic carbocycles. The minimum atomic E-state index is -0.0415. The third-order valence-corrected chi connectivity index (χ3v) is 4.33. The van der Waals surface area contributed by atoms with E-state index >= 15 is 0 Å². The normalized spacial score (nSPS) is 18.6. The lowest BCUT2D eigenvalue weighted by Gasteiger charge is -2.34. The molecule has 1 saturated heterocycles. The Hall–Kier alpha value is -2.08. The number of piperazine rings is 1. The van der Waals surface area contributed by atoms with Gasteiger partial charge in [-0.2, -0.15) is 0 Å². The van der Waals surface area contributed by atoms with E-state index in [0.717, 1.165) is 50.5 Å². The van der Waals surface area contributed by atoms with Gasteiger partial charge in [-0.25, -0.2) is 0 Å². The number of nitrogens with one attached hydrogen (secondary N) is 1. The van der Waals surface area contributed by atoms with Crippen molar-refractivity contribution < 1.29 is 14.3 Å². The highest BCUT2D eigenvalue weighted by Crippen LogP contribution is 2.31. The molecule has 1 aromatic rings. The number of carbonyl (C=O) groups is 2. The molecule has 6 nitrogen and oxygen atoms in total. The number of methoxy groups -OCH3 is 1. The Balaban J connectivity index is 1.44. The molecule has 2 amide bonds. The van der Waals surface area contributed by atoms with Gasteiger partial charge in [-0.1, -0.05) is 6.07 Å². The maximum atomic E-state index is 12.1. The molecule has 0 atom stereocenters. The summed E-state index contributed by atoms with van der Waals surface area (Å²) < 4.78 is 5.15. The third kappa shape index (κ3) is 4.22. The number of hydrogen-bond acceptors (Lipinski definition) is 4. The van der Waals surface area contributed by atoms with Crippen LogP contribution in [0, 0.1) is 5.92 Å². The molecule has 0 radical (unpaired) electrons. The first kappa shape index (κ1) is 15.8. The molecule has 124 valence electrons. The number of carbonyl (C=O) groups excluding carboxylic acids is 2. The zero-order valence-corrected chi connectivity index (χ0v) is 13.5. The van der Waals surface area contributed by atoms with Gasteiger partial charge in [0.2, 0.25) is 11.8 Å². The van der Waals surface area contributed by atoms with Crippen LogP contribution in [0.2, 0.25) is 0 Å². The molecular weight excluding hydrogens is 294 g/mol. The highest BCUT2D eigenvalue weighted by atomic mass is 16.5. The molecule has 2 aliphatic rings. The smallest absolute Gasteiger partial charge is 0.238 e. The lowest BCUT2D eigenvalue weighted by Crippen LogP contribution is -2.50. The number of nitrogens with zero attached hydrogens (tertiary/aromatic N) is 2. The zero-order chi connectivity index (χ0) is 16.2. The minimum Gasteiger partial charge on any atom is -0.497 e. The lowest BCUT2D eigenvalue weighted by molar-refractivity contribution is -0.134. The average molecular weight is 317 g/mol. The molecule has 2 fully saturated rings. The molecule has 1 heterocycles. The topological polar surface area (TPSA) is 61.9 Å². The van der Waals surface area contributed by atoms with E-state index in [4.69, 9.17) is 4.74 Å². The molecule has 6 heteroatoms. The lowest BCUT2D eigenvalue weighted by atomic mass is 10.2. The van der Waals surface area contributed by atoms with Crippen molar-refractivity contribution in [1.82, 2.24) is 9.80 Å². The summed E-state index contributed by atoms with van der Waals surface area (Å²) in [7, 11) is 1.60. The molecule has 0 aromatic heterocycles. The molecule has 0 spiro atoms. The van der Waals surface area contributed by atoms with Crippen LogP contribution in [-0.2, 0) is 9.59 Å². The van der Waals surface area contributed by atoms with Gasteiger partial charge in [0.05, 0.1) is 13.7 Å². The molecule has 0 unspecified atom stereocenters. The summed E-state index contributed by atoms with van der Waals surface area (Å²) in [5, 5.41) is 2.88. The van der Waals surface area contributed by atoms with Gasteiger partial charge in [-0.15, -0.1) is 0 Å². The number of rotatable bonds is 5. The first-order chi connectivity index (χ1) is 11.2. The summed E-state index contributed by atoms with van der Waals surface area (Å²) in [6, 6.07) is 7.32. The monoisotopic (exact) mass is 317 g/mol. The Morgan fingerprint density at radius 1 is 1.22 bits per heavy atom. The van der Waals surface area contributed by atoms with Crippen molar-refractivity contribution >= 4 is 17.5 Å². The summed E-state index contributed by atoms with van der Waals surface area (Å²) in [5.74, 6) is 1.25. The maximum Gasteiger partial charge on any atom is 0.238 e. The molecule has 23 heavy (non-hydrogen) atoms. The van der Waals surface area contributed by atoms with Crippen LogP contribution in [0.1, 0.15) is 12.8 Å². The molecule has 1 aliphatic heterocycles. The van der Waals surface area contributed by atoms with Crippen molar-refractivity contribution in [1.29, 1.82) is 0 Å². The van der Waals surface area contributed by atoms with Crippen molar-refractivity contribution in [3.63, 3.8) is 0 Å². The van der Waals surface area contributed by atoms with Crippen molar-refractivity contribution in [2.24, 2.45) is 5.92 Å². The minimum absolute atomic E-state index is 0.0415. The van der Waals surface area contributed by atoms with Crippen molar-refractivity contribution in [2.45, 2.75) is 12.8 Å². The van der Waals surface area contributed by atoms with Crippen molar-refractivity contribution in [3.05, 3.63) is 24.3 Å². The van der Waals surface area contributed by atoms with Crippen LogP contribution >= 0.6 is 0 Å². The Bertz CT molecular complexity index is 578. The summed E-state index contributed by atoms with van der Waals surface area (Å²) in [4.78, 5) is 28.2. The fraction of sp³-hybridized carbons (Fsp3) is 0.529. The van der Waals surface area contributed by atoms with E-state index in [0.29, 0.717) is 12.5 Å². The standard InChI is InChI=1S/C17H23N3O3/c1-23-15-4-2-3-14(11-15)18-16(21)12-19-7-9-20(10-8-19)17(22)13-5-6-13/h2-4,11,13H,5-10,12H2,1H3,(H,18,21). The Kier molecular flexibility index (Phi) is 4.81. The number of amides is 2. The Morgan fingerprint density at radius 3 is 2.61 bits per heavy atom. The van der Waals surface area contributed by atoms with E-state index in [2.05, 4.69) is 10.2 Å². The summed E-state index contributed by atoms with van der Waals surface area (Å²) in [6.07, 6.45) is 2.09. The van der Waals surface area contributed by atoms with Gasteiger partial charge in [0, 0.05) is 43.9 Å². The molecular formula is C17H23N3O3. The number of hydrogen-bond donors (Lipinski definition) is 1. The molecule has 1 saturated carbocycles. The van der Waals surface area contributed by atoms with E-state index in [1.165, 1.54) is 0 Å². The van der Waals surface area contributed by atoms with Gasteiger partial charge in [0.15, 0.2) is 0 Å². The second-order valence-corrected chi connectivity index (χ2v) is 6.16. The van der Waals surface area contributed by atoms with E-state index in [-0.39, 0.29) is 11.8 Å². The summed E-state index contributed by atoms with van der Waals surface area (Å²) >= 11 is 0. The maximum absolute atomic E-state index is 12.1. The summed E-state index contributed by atoms with van der Waals surface area (Å²) in [5.41, 5.74) is 0.733. The van der Waals surface area contributed by atoms with Crippen LogP contribution < -0.4 is 10.1 Å². The predicted octanol–water partition coefficient (Wildman–Crippen LogP) is 1.19. The fourth-order valence-corrected chi connectivity index (χ4v) is 2.82. The molecule has 1 N–H and O–H groups in total. The first-order valence-corrected chi connectivity index (χ1v) is 8.11. The van der Waals surface area contributed by atoms with Gasteiger partial charge >= 0.3 is 0 Å². The SMILES string of the molecule is COc1cccc(NC(=O)CN2CCN(C(=O)C3CC3)CC2)c1. The average Bonchev–Trinajstić information content (AvgIpc) is 3.40. The van der Waals surface area contributed by atoms with E-state index in [9.17, 15) is 9.59 Å². The van der Waals surface area contributed by atoms with Crippen molar-refractivity contribution in [2.75, 3.05) is 45.2 Å². The first-order valence-electron chi connectivity index (χ1n) is 8.11. The molecule has 1 aromatic carbocycles. The highest BCUT2D eigenvalue weighted by Gasteiger charge is 2.34. The van der Waals surface area contributed by atoms with Crippen LogP contribution in [0.4, 0.5) is 5.69 Å². The number of benzene rings is 1. The van der Waals surface area contributed by atoms with Gasteiger partial charge < -0.3 is 15.0 Å². The van der Waals surface area contributed by atoms with Crippen LogP contribution in [0.25, 0.3) is 0 Å². The molecule has 3 rings (SSSR count). The van der Waals surface area contributed by atoms with Crippen LogP contribution in [0.15, 0.2) is 24.3 Å². The molecule has 0 bridgehead atoms. The number of ether oxygens (including phenoxy) is 1. The van der Waals surface area contributed by atoms with Crippen LogP contribution in [0.3, 0.4) is 0 Å². The predicted molar refractivity (Wildman–Crippen MR) is 87.4 cm³/mol. The second-order valence-electron chi connectivity index (χ2n) is 6.16. The fourth-order valence-electron chi connectivity index (χ4n) is 2.82. The number of anilines is 1. The van der Waals surface area contributed by atoms with Gasteiger partial charge in [-0.3, -0.25) is 14.5 Å². The quantitative estimate of drug-likeness (QED) is 0.886. The zero-order valence-electron chi connectivity index (χ0n) is 13.5. The second kappa shape index (κ2) is 7.00. The Morgan fingerprint density at radius 2 is 1.96 bits per heavy atom. The summed E-state index contributed by atoms with van der Waals surface area (Å²) in [6.45, 7) is 3.31. The largest absolute Gasteiger partial charge is 0.497 e. The Labute approximate surface area is 136 Å². The van der Waals surface area contributed by atoms with Gasteiger partial charge in [-0.05, 0) is 25.0 Å². The van der Waals surface area contributed by atoms with E-state index in [1.54, 1.807) is 13.2 Å². The van der Waals surface area contributed by atoms with Gasteiger partial charge in [0.1, 0.15) is 5.75 Å². The van der Waals surface area contributed by atoms with Crippen LogP contribution in [0.5, 0.6) is 5.75 Å². The van der Waals surface area contributed by atoms with Crippen molar-refractivity contribution in [3.8, 4) is 5.75 Å².